The van der Waals surface area contributed by atoms with E-state index >= 15 is 0 Å². The molecule has 4 rings (SSSR count). The van der Waals surface area contributed by atoms with Gasteiger partial charge in [0.15, 0.2) is 18.1 Å². The Bertz CT molecular complexity index is 886. The molecule has 0 spiro atoms. The first-order valence-electron chi connectivity index (χ1n) is 8.54. The fraction of sp³-hybridized carbons (Fsp3) is 0.316. The molecule has 142 valence electrons. The summed E-state index contributed by atoms with van der Waals surface area (Å²) >= 11 is 0. The van der Waals surface area contributed by atoms with E-state index in [1.54, 1.807) is 12.1 Å². The van der Waals surface area contributed by atoms with Gasteiger partial charge in [0.05, 0.1) is 6.10 Å². The van der Waals surface area contributed by atoms with Crippen LogP contribution in [0.3, 0.4) is 0 Å². The molecule has 6 nitrogen and oxygen atoms in total. The summed E-state index contributed by atoms with van der Waals surface area (Å²) in [6.07, 6.45) is -1.88. The molecule has 2 aliphatic rings. The van der Waals surface area contributed by atoms with Gasteiger partial charge in [0, 0.05) is 11.8 Å². The first kappa shape index (κ1) is 17.5. The summed E-state index contributed by atoms with van der Waals surface area (Å²) in [5.74, 6) is -0.130. The molecule has 0 fully saturated rings. The number of benzene rings is 2. The van der Waals surface area contributed by atoms with Gasteiger partial charge in [-0.15, -0.1) is 8.78 Å². The Morgan fingerprint density at radius 1 is 1.26 bits per heavy atom. The minimum absolute atomic E-state index is 0.0938. The first-order valence-corrected chi connectivity index (χ1v) is 8.54. The molecule has 2 aromatic rings. The molecule has 1 aliphatic carbocycles. The predicted octanol–water partition coefficient (Wildman–Crippen LogP) is 3.40. The van der Waals surface area contributed by atoms with E-state index < -0.39 is 18.3 Å². The second-order valence-electron chi connectivity index (χ2n) is 6.40. The van der Waals surface area contributed by atoms with Gasteiger partial charge in [0.25, 0.3) is 5.91 Å². The molecule has 0 bridgehead atoms. The number of fused-ring (bicyclic) bond motifs is 2. The Kier molecular flexibility index (Phi) is 4.35. The van der Waals surface area contributed by atoms with Crippen molar-refractivity contribution in [2.24, 2.45) is 0 Å². The zero-order chi connectivity index (χ0) is 19.0. The van der Waals surface area contributed by atoms with Crippen molar-refractivity contribution in [3.8, 4) is 17.2 Å². The van der Waals surface area contributed by atoms with Crippen molar-refractivity contribution in [3.05, 3.63) is 47.5 Å². The molecule has 0 radical (unpaired) electrons. The molecule has 0 saturated heterocycles. The van der Waals surface area contributed by atoms with Crippen molar-refractivity contribution in [2.45, 2.75) is 31.7 Å². The molecular weight excluding hydrogens is 360 g/mol. The molecule has 1 atom stereocenters. The third-order valence-electron chi connectivity index (χ3n) is 4.48. The lowest BCUT2D eigenvalue weighted by Crippen LogP contribution is -2.25. The van der Waals surface area contributed by atoms with Crippen molar-refractivity contribution < 1.29 is 32.9 Å². The highest BCUT2D eigenvalue weighted by Crippen LogP contribution is 2.42. The number of rotatable bonds is 4. The van der Waals surface area contributed by atoms with Crippen LogP contribution >= 0.6 is 0 Å². The SMILES string of the molecule is O=C(COc1cccc2c1CCCC2O)Nc1ccc2c(c1)OC(F)(F)O2. The van der Waals surface area contributed by atoms with Gasteiger partial charge in [0.1, 0.15) is 5.75 Å². The molecular formula is C19H17F2NO5. The quantitative estimate of drug-likeness (QED) is 0.854. The molecule has 1 unspecified atom stereocenters. The predicted molar refractivity (Wildman–Crippen MR) is 91.1 cm³/mol. The monoisotopic (exact) mass is 377 g/mol. The average molecular weight is 377 g/mol. The summed E-state index contributed by atoms with van der Waals surface area (Å²) in [6, 6.07) is 9.37. The summed E-state index contributed by atoms with van der Waals surface area (Å²) in [5.41, 5.74) is 2.03. The van der Waals surface area contributed by atoms with E-state index in [1.165, 1.54) is 18.2 Å². The average Bonchev–Trinajstić information content (AvgIpc) is 2.93. The number of anilines is 1. The summed E-state index contributed by atoms with van der Waals surface area (Å²) in [6.45, 7) is -0.253. The van der Waals surface area contributed by atoms with Crippen molar-refractivity contribution >= 4 is 11.6 Å². The number of aliphatic hydroxyl groups excluding tert-OH is 1. The number of carbonyl (C=O) groups excluding carboxylic acids is 1. The molecule has 1 heterocycles. The van der Waals surface area contributed by atoms with E-state index in [1.807, 2.05) is 6.07 Å². The van der Waals surface area contributed by atoms with Crippen molar-refractivity contribution in [2.75, 3.05) is 11.9 Å². The lowest BCUT2D eigenvalue weighted by Gasteiger charge is -2.23. The topological polar surface area (TPSA) is 77.0 Å². The van der Waals surface area contributed by atoms with Crippen LogP contribution in [0.15, 0.2) is 36.4 Å². The van der Waals surface area contributed by atoms with Crippen LogP contribution in [0.25, 0.3) is 0 Å². The van der Waals surface area contributed by atoms with Crippen LogP contribution in [0.2, 0.25) is 0 Å². The number of aliphatic hydroxyl groups is 1. The highest BCUT2D eigenvalue weighted by atomic mass is 19.3. The third-order valence-corrected chi connectivity index (χ3v) is 4.48. The molecule has 2 aromatic carbocycles. The van der Waals surface area contributed by atoms with Gasteiger partial charge in [0.2, 0.25) is 0 Å². The lowest BCUT2D eigenvalue weighted by atomic mass is 9.89. The molecule has 8 heteroatoms. The minimum Gasteiger partial charge on any atom is -0.483 e. The van der Waals surface area contributed by atoms with E-state index in [-0.39, 0.29) is 23.8 Å². The molecule has 27 heavy (non-hydrogen) atoms. The maximum absolute atomic E-state index is 13.0. The lowest BCUT2D eigenvalue weighted by molar-refractivity contribution is -0.286. The number of hydrogen-bond acceptors (Lipinski definition) is 5. The second kappa shape index (κ2) is 6.70. The highest BCUT2D eigenvalue weighted by molar-refractivity contribution is 5.92. The summed E-state index contributed by atoms with van der Waals surface area (Å²) < 4.78 is 40.3. The van der Waals surface area contributed by atoms with Crippen LogP contribution < -0.4 is 19.5 Å². The summed E-state index contributed by atoms with van der Waals surface area (Å²) in [4.78, 5) is 12.1. The number of carbonyl (C=O) groups is 1. The van der Waals surface area contributed by atoms with E-state index in [0.717, 1.165) is 24.0 Å². The van der Waals surface area contributed by atoms with E-state index in [4.69, 9.17) is 4.74 Å². The fourth-order valence-corrected chi connectivity index (χ4v) is 3.29. The minimum atomic E-state index is -3.70. The Morgan fingerprint density at radius 2 is 2.07 bits per heavy atom. The third kappa shape index (κ3) is 3.66. The van der Waals surface area contributed by atoms with Gasteiger partial charge < -0.3 is 24.6 Å². The van der Waals surface area contributed by atoms with Crippen LogP contribution in [-0.4, -0.2) is 23.9 Å². The van der Waals surface area contributed by atoms with Crippen LogP contribution in [0, 0.1) is 0 Å². The van der Waals surface area contributed by atoms with Crippen molar-refractivity contribution in [3.63, 3.8) is 0 Å². The normalized spacial score (nSPS) is 19.3. The van der Waals surface area contributed by atoms with Crippen LogP contribution in [0.5, 0.6) is 17.2 Å². The van der Waals surface area contributed by atoms with Gasteiger partial charge in [-0.1, -0.05) is 12.1 Å². The Morgan fingerprint density at radius 3 is 2.93 bits per heavy atom. The van der Waals surface area contributed by atoms with Crippen molar-refractivity contribution in [1.29, 1.82) is 0 Å². The van der Waals surface area contributed by atoms with Gasteiger partial charge in [-0.25, -0.2) is 0 Å². The Hall–Kier alpha value is -2.87. The summed E-state index contributed by atoms with van der Waals surface area (Å²) in [5, 5.41) is 12.6. The van der Waals surface area contributed by atoms with Crippen LogP contribution in [-0.2, 0) is 11.2 Å². The standard InChI is InChI=1S/C19H17F2NO5/c20-19(21)26-16-8-7-11(9-17(16)27-19)22-18(24)10-25-15-6-2-3-12-13(15)4-1-5-14(12)23/h2-3,6-9,14,23H,1,4-5,10H2,(H,22,24). The zero-order valence-corrected chi connectivity index (χ0v) is 14.2. The number of hydrogen-bond donors (Lipinski definition) is 2. The summed E-state index contributed by atoms with van der Waals surface area (Å²) in [7, 11) is 0. The molecule has 1 amide bonds. The number of halogens is 2. The maximum atomic E-state index is 13.0. The van der Waals surface area contributed by atoms with Gasteiger partial charge in [-0.2, -0.15) is 0 Å². The molecule has 0 saturated carbocycles. The van der Waals surface area contributed by atoms with E-state index in [2.05, 4.69) is 14.8 Å². The molecule has 1 aliphatic heterocycles. The van der Waals surface area contributed by atoms with Crippen molar-refractivity contribution in [1.82, 2.24) is 0 Å². The Labute approximate surface area is 153 Å². The number of nitrogens with one attached hydrogen (secondary N) is 1. The van der Waals surface area contributed by atoms with Gasteiger partial charge in [-0.3, -0.25) is 4.79 Å². The number of amides is 1. The van der Waals surface area contributed by atoms with E-state index in [0.29, 0.717) is 12.2 Å². The number of ether oxygens (including phenoxy) is 3. The zero-order valence-electron chi connectivity index (χ0n) is 14.2. The molecule has 2 N–H and O–H groups in total. The fourth-order valence-electron chi connectivity index (χ4n) is 3.29. The maximum Gasteiger partial charge on any atom is 0.586 e. The second-order valence-corrected chi connectivity index (χ2v) is 6.40. The van der Waals surface area contributed by atoms with Gasteiger partial charge >= 0.3 is 6.29 Å². The Balaban J connectivity index is 1.40. The van der Waals surface area contributed by atoms with E-state index in [9.17, 15) is 18.7 Å². The number of alkyl halides is 2. The highest BCUT2D eigenvalue weighted by Gasteiger charge is 2.43. The van der Waals surface area contributed by atoms with Gasteiger partial charge in [-0.05, 0) is 48.6 Å². The smallest absolute Gasteiger partial charge is 0.483 e. The molecule has 0 aromatic heterocycles. The first-order chi connectivity index (χ1) is 12.9. The van der Waals surface area contributed by atoms with Crippen LogP contribution in [0.4, 0.5) is 14.5 Å². The largest absolute Gasteiger partial charge is 0.586 e. The van der Waals surface area contributed by atoms with Crippen LogP contribution in [0.1, 0.15) is 30.1 Å².